The van der Waals surface area contributed by atoms with Gasteiger partial charge in [0.05, 0.1) is 11.2 Å². The number of carbonyl (C=O) groups is 1. The molecule has 0 N–H and O–H groups in total. The van der Waals surface area contributed by atoms with E-state index in [2.05, 4.69) is 33.8 Å². The maximum Gasteiger partial charge on any atom is 0.271 e. The Hall–Kier alpha value is -2.88. The Balaban J connectivity index is 1.89. The van der Waals surface area contributed by atoms with E-state index in [1.54, 1.807) is 0 Å². The van der Waals surface area contributed by atoms with Crippen LogP contribution >= 0.6 is 0 Å². The third-order valence-electron chi connectivity index (χ3n) is 5.71. The Morgan fingerprint density at radius 1 is 1.04 bits per heavy atom. The van der Waals surface area contributed by atoms with Gasteiger partial charge in [0.15, 0.2) is 0 Å². The molecule has 1 amide bonds. The van der Waals surface area contributed by atoms with E-state index in [1.807, 2.05) is 49.5 Å². The fourth-order valence-electron chi connectivity index (χ4n) is 4.19. The Bertz CT molecular complexity index is 1010. The van der Waals surface area contributed by atoms with Gasteiger partial charge in [0, 0.05) is 41.8 Å². The molecule has 1 aliphatic carbocycles. The van der Waals surface area contributed by atoms with Crippen molar-refractivity contribution in [1.82, 2.24) is 14.5 Å². The summed E-state index contributed by atoms with van der Waals surface area (Å²) in [5, 5.41) is 0. The van der Waals surface area contributed by atoms with E-state index in [0.29, 0.717) is 0 Å². The molecule has 1 saturated carbocycles. The first-order valence-corrected chi connectivity index (χ1v) is 8.65. The minimum atomic E-state index is -0.169. The van der Waals surface area contributed by atoms with Crippen molar-refractivity contribution < 1.29 is 4.79 Å². The van der Waals surface area contributed by atoms with Gasteiger partial charge >= 0.3 is 0 Å². The van der Waals surface area contributed by atoms with E-state index in [0.717, 1.165) is 41.0 Å². The fraction of sp³-hybridized carbons (Fsp3) is 0.238. The normalized spacial score (nSPS) is 17.2. The predicted molar refractivity (Wildman–Crippen MR) is 96.7 cm³/mol. The molecule has 3 aromatic rings. The summed E-state index contributed by atoms with van der Waals surface area (Å²) in [4.78, 5) is 19.4. The molecule has 0 unspecified atom stereocenters. The van der Waals surface area contributed by atoms with Crippen LogP contribution in [-0.4, -0.2) is 27.4 Å². The Labute approximate surface area is 146 Å². The number of fused-ring (bicyclic) bond motifs is 4. The monoisotopic (exact) mass is 329 g/mol. The molecular formula is C21H19N3O. The van der Waals surface area contributed by atoms with E-state index in [9.17, 15) is 4.79 Å². The Morgan fingerprint density at radius 2 is 1.84 bits per heavy atom. The molecule has 1 aromatic carbocycles. The first-order chi connectivity index (χ1) is 12.1. The maximum atomic E-state index is 13.0. The summed E-state index contributed by atoms with van der Waals surface area (Å²) in [6.45, 7) is 2.03. The number of benzene rings is 1. The second-order valence-corrected chi connectivity index (χ2v) is 7.00. The first-order valence-electron chi connectivity index (χ1n) is 8.65. The quantitative estimate of drug-likeness (QED) is 0.678. The van der Waals surface area contributed by atoms with Crippen LogP contribution in [0.15, 0.2) is 54.9 Å². The number of rotatable bonds is 1. The number of carbonyl (C=O) groups excluding carboxylic acids is 1. The van der Waals surface area contributed by atoms with Gasteiger partial charge in [-0.3, -0.25) is 9.78 Å². The third-order valence-corrected chi connectivity index (χ3v) is 5.71. The molecule has 1 aliphatic heterocycles. The molecule has 124 valence electrons. The summed E-state index contributed by atoms with van der Waals surface area (Å²) in [5.74, 6) is 0.0903. The van der Waals surface area contributed by atoms with Crippen molar-refractivity contribution in [2.75, 3.05) is 7.05 Å². The molecule has 2 aliphatic rings. The summed E-state index contributed by atoms with van der Waals surface area (Å²) in [6, 6.07) is 14.4. The molecule has 1 spiro atoms. The van der Waals surface area contributed by atoms with Crippen molar-refractivity contribution in [3.05, 3.63) is 71.8 Å². The molecule has 0 radical (unpaired) electrons. The van der Waals surface area contributed by atoms with Crippen LogP contribution in [0.5, 0.6) is 0 Å². The number of hydrogen-bond donors (Lipinski definition) is 0. The lowest BCUT2D eigenvalue weighted by Crippen LogP contribution is -2.36. The summed E-state index contributed by atoms with van der Waals surface area (Å²) >= 11 is 0. The van der Waals surface area contributed by atoms with Gasteiger partial charge in [0.1, 0.15) is 5.69 Å². The van der Waals surface area contributed by atoms with E-state index >= 15 is 0 Å². The highest BCUT2D eigenvalue weighted by atomic mass is 16.2. The van der Waals surface area contributed by atoms with Crippen molar-refractivity contribution in [2.24, 2.45) is 0 Å². The van der Waals surface area contributed by atoms with Gasteiger partial charge in [-0.1, -0.05) is 24.3 Å². The zero-order valence-electron chi connectivity index (χ0n) is 14.4. The molecular weight excluding hydrogens is 310 g/mol. The van der Waals surface area contributed by atoms with Gasteiger partial charge in [-0.05, 0) is 38.0 Å². The van der Waals surface area contributed by atoms with Crippen LogP contribution in [0, 0.1) is 6.92 Å². The molecule has 4 heteroatoms. The van der Waals surface area contributed by atoms with Gasteiger partial charge in [-0.2, -0.15) is 0 Å². The molecule has 25 heavy (non-hydrogen) atoms. The third kappa shape index (κ3) is 1.82. The summed E-state index contributed by atoms with van der Waals surface area (Å²) in [7, 11) is 1.93. The van der Waals surface area contributed by atoms with Crippen molar-refractivity contribution in [1.29, 1.82) is 0 Å². The largest absolute Gasteiger partial charge is 0.331 e. The Morgan fingerprint density at radius 3 is 2.60 bits per heavy atom. The van der Waals surface area contributed by atoms with E-state index in [4.69, 9.17) is 0 Å². The van der Waals surface area contributed by atoms with Gasteiger partial charge < -0.3 is 9.47 Å². The molecule has 4 nitrogen and oxygen atoms in total. The fourth-order valence-corrected chi connectivity index (χ4v) is 4.19. The molecule has 3 heterocycles. The van der Waals surface area contributed by atoms with Gasteiger partial charge in [0.2, 0.25) is 0 Å². The minimum absolute atomic E-state index is 0.0903. The molecule has 0 bridgehead atoms. The lowest BCUT2D eigenvalue weighted by Gasteiger charge is -2.27. The number of pyridine rings is 1. The summed E-state index contributed by atoms with van der Waals surface area (Å²) in [5.41, 5.74) is 6.16. The zero-order valence-corrected chi connectivity index (χ0v) is 14.4. The smallest absolute Gasteiger partial charge is 0.271 e. The zero-order chi connectivity index (χ0) is 17.2. The molecule has 0 atom stereocenters. The average molecular weight is 329 g/mol. The lowest BCUT2D eigenvalue weighted by molar-refractivity contribution is 0.0705. The number of aryl methyl sites for hydroxylation is 1. The van der Waals surface area contributed by atoms with Crippen LogP contribution in [-0.2, 0) is 5.54 Å². The van der Waals surface area contributed by atoms with Crippen LogP contribution < -0.4 is 0 Å². The Kier molecular flexibility index (Phi) is 2.79. The van der Waals surface area contributed by atoms with Crippen LogP contribution in [0.2, 0.25) is 0 Å². The average Bonchev–Trinajstić information content (AvgIpc) is 3.31. The summed E-state index contributed by atoms with van der Waals surface area (Å²) in [6.07, 6.45) is 5.85. The highest BCUT2D eigenvalue weighted by Gasteiger charge is 2.53. The van der Waals surface area contributed by atoms with Gasteiger partial charge in [-0.15, -0.1) is 0 Å². The number of hydrogen-bond acceptors (Lipinski definition) is 2. The molecule has 5 rings (SSSR count). The maximum absolute atomic E-state index is 13.0. The van der Waals surface area contributed by atoms with Gasteiger partial charge in [0.25, 0.3) is 5.91 Å². The second-order valence-electron chi connectivity index (χ2n) is 7.00. The highest BCUT2D eigenvalue weighted by molar-refractivity contribution is 5.96. The predicted octanol–water partition coefficient (Wildman–Crippen LogP) is 3.92. The topological polar surface area (TPSA) is 38.1 Å². The number of para-hydroxylation sites is 1. The van der Waals surface area contributed by atoms with Crippen molar-refractivity contribution in [3.63, 3.8) is 0 Å². The number of amides is 1. The minimum Gasteiger partial charge on any atom is -0.331 e. The van der Waals surface area contributed by atoms with Gasteiger partial charge in [-0.25, -0.2) is 0 Å². The first kappa shape index (κ1) is 14.5. The van der Waals surface area contributed by atoms with Crippen molar-refractivity contribution in [3.8, 4) is 16.8 Å². The van der Waals surface area contributed by atoms with Crippen LogP contribution in [0.1, 0.15) is 34.6 Å². The summed E-state index contributed by atoms with van der Waals surface area (Å²) < 4.78 is 2.06. The molecule has 2 aromatic heterocycles. The van der Waals surface area contributed by atoms with E-state index in [1.165, 1.54) is 5.56 Å². The second kappa shape index (κ2) is 4.82. The van der Waals surface area contributed by atoms with Crippen LogP contribution in [0.3, 0.4) is 0 Å². The lowest BCUT2D eigenvalue weighted by atomic mass is 9.94. The van der Waals surface area contributed by atoms with Crippen molar-refractivity contribution >= 4 is 5.91 Å². The highest BCUT2D eigenvalue weighted by Crippen LogP contribution is 2.55. The SMILES string of the molecule is Cc1ncccc1-c1cccc2c1-n1cccc1C(=O)N(C)C21CC1. The standard InChI is InChI=1S/C21H19N3O/c1-14-15(7-4-12-22-14)16-6-3-8-17-19(16)24-13-5-9-18(24)20(25)23(2)21(17)10-11-21/h3-9,12-13H,10-11H2,1-2H3. The number of nitrogens with zero attached hydrogens (tertiary/aromatic N) is 3. The van der Waals surface area contributed by atoms with E-state index < -0.39 is 0 Å². The number of aromatic nitrogens is 2. The van der Waals surface area contributed by atoms with Crippen LogP contribution in [0.25, 0.3) is 16.8 Å². The van der Waals surface area contributed by atoms with E-state index in [-0.39, 0.29) is 11.4 Å². The van der Waals surface area contributed by atoms with Crippen molar-refractivity contribution in [2.45, 2.75) is 25.3 Å². The molecule has 0 saturated heterocycles. The van der Waals surface area contributed by atoms with Crippen LogP contribution in [0.4, 0.5) is 0 Å². The molecule has 1 fully saturated rings.